The normalized spacial score (nSPS) is 26.0. The fourth-order valence-corrected chi connectivity index (χ4v) is 1.98. The quantitative estimate of drug-likeness (QED) is 0.761. The molecule has 0 saturated carbocycles. The molecule has 1 saturated heterocycles. The van der Waals surface area contributed by atoms with Crippen LogP contribution in [0.4, 0.5) is 0 Å². The molecular formula is C10H10ClN3. The van der Waals surface area contributed by atoms with Gasteiger partial charge in [-0.05, 0) is 11.6 Å². The van der Waals surface area contributed by atoms with Crippen molar-refractivity contribution < 1.29 is 0 Å². The minimum absolute atomic E-state index is 0.0373. The number of hydrogen-bond acceptors (Lipinski definition) is 3. The molecule has 0 aliphatic carbocycles. The number of nitrogens with zero attached hydrogens (tertiary/aromatic N) is 2. The van der Waals surface area contributed by atoms with Crippen molar-refractivity contribution in [2.24, 2.45) is 5.92 Å². The topological polar surface area (TPSA) is 48.7 Å². The van der Waals surface area contributed by atoms with Gasteiger partial charge in [-0.15, -0.1) is 0 Å². The average molecular weight is 208 g/mol. The zero-order valence-electron chi connectivity index (χ0n) is 7.57. The smallest absolute Gasteiger partial charge is 0.0676 e. The monoisotopic (exact) mass is 207 g/mol. The van der Waals surface area contributed by atoms with Crippen LogP contribution >= 0.6 is 11.6 Å². The highest BCUT2D eigenvalue weighted by molar-refractivity contribution is 6.30. The van der Waals surface area contributed by atoms with Crippen molar-refractivity contribution in [2.45, 2.75) is 5.92 Å². The molecule has 0 radical (unpaired) electrons. The summed E-state index contributed by atoms with van der Waals surface area (Å²) in [6, 6.07) is 4.18. The first-order chi connectivity index (χ1) is 6.81. The molecule has 2 atom stereocenters. The summed E-state index contributed by atoms with van der Waals surface area (Å²) in [6.07, 6.45) is 3.39. The lowest BCUT2D eigenvalue weighted by Gasteiger charge is -2.11. The van der Waals surface area contributed by atoms with Crippen molar-refractivity contribution in [2.75, 3.05) is 13.1 Å². The van der Waals surface area contributed by atoms with E-state index in [4.69, 9.17) is 16.9 Å². The van der Waals surface area contributed by atoms with Gasteiger partial charge in [0.2, 0.25) is 0 Å². The maximum atomic E-state index is 8.92. The highest BCUT2D eigenvalue weighted by atomic mass is 35.5. The number of aromatic nitrogens is 1. The van der Waals surface area contributed by atoms with Crippen LogP contribution in [0, 0.1) is 17.2 Å². The van der Waals surface area contributed by atoms with Gasteiger partial charge in [0.1, 0.15) is 0 Å². The first-order valence-electron chi connectivity index (χ1n) is 4.52. The fraction of sp³-hybridized carbons (Fsp3) is 0.400. The van der Waals surface area contributed by atoms with Crippen molar-refractivity contribution in [3.63, 3.8) is 0 Å². The summed E-state index contributed by atoms with van der Waals surface area (Å²) in [4.78, 5) is 4.03. The zero-order chi connectivity index (χ0) is 9.97. The van der Waals surface area contributed by atoms with E-state index in [0.29, 0.717) is 5.02 Å². The minimum atomic E-state index is 0.0373. The van der Waals surface area contributed by atoms with Crippen LogP contribution in [0.5, 0.6) is 0 Å². The van der Waals surface area contributed by atoms with Gasteiger partial charge in [-0.1, -0.05) is 11.6 Å². The van der Waals surface area contributed by atoms with E-state index in [1.165, 1.54) is 0 Å². The Morgan fingerprint density at radius 3 is 3.07 bits per heavy atom. The summed E-state index contributed by atoms with van der Waals surface area (Å²) >= 11 is 5.85. The van der Waals surface area contributed by atoms with E-state index in [1.54, 1.807) is 12.4 Å². The molecule has 2 rings (SSSR count). The van der Waals surface area contributed by atoms with E-state index in [0.717, 1.165) is 18.7 Å². The molecule has 0 aromatic carbocycles. The number of pyridine rings is 1. The van der Waals surface area contributed by atoms with Crippen molar-refractivity contribution in [1.82, 2.24) is 10.3 Å². The fourth-order valence-electron chi connectivity index (χ4n) is 1.80. The van der Waals surface area contributed by atoms with Crippen LogP contribution in [-0.2, 0) is 0 Å². The maximum absolute atomic E-state index is 8.92. The van der Waals surface area contributed by atoms with Crippen molar-refractivity contribution in [1.29, 1.82) is 5.26 Å². The minimum Gasteiger partial charge on any atom is -0.315 e. The summed E-state index contributed by atoms with van der Waals surface area (Å²) in [7, 11) is 0. The lowest BCUT2D eigenvalue weighted by molar-refractivity contribution is 0.644. The molecule has 2 unspecified atom stereocenters. The van der Waals surface area contributed by atoms with Crippen molar-refractivity contribution >= 4 is 11.6 Å². The Morgan fingerprint density at radius 1 is 1.50 bits per heavy atom. The SMILES string of the molecule is N#CC1CNCC1c1cncc(Cl)c1. The summed E-state index contributed by atoms with van der Waals surface area (Å²) in [5.74, 6) is 0.265. The van der Waals surface area contributed by atoms with Gasteiger partial charge in [0.25, 0.3) is 0 Å². The molecule has 1 fully saturated rings. The van der Waals surface area contributed by atoms with Gasteiger partial charge in [0.05, 0.1) is 17.0 Å². The molecule has 0 amide bonds. The van der Waals surface area contributed by atoms with Gasteiger partial charge < -0.3 is 5.32 Å². The molecule has 1 aromatic rings. The largest absolute Gasteiger partial charge is 0.315 e. The molecule has 1 aliphatic heterocycles. The Morgan fingerprint density at radius 2 is 2.36 bits per heavy atom. The van der Waals surface area contributed by atoms with E-state index in [9.17, 15) is 0 Å². The van der Waals surface area contributed by atoms with Gasteiger partial charge in [-0.25, -0.2) is 0 Å². The van der Waals surface area contributed by atoms with E-state index in [1.807, 2.05) is 6.07 Å². The molecular weight excluding hydrogens is 198 g/mol. The number of nitriles is 1. The first kappa shape index (κ1) is 9.45. The molecule has 0 bridgehead atoms. The summed E-state index contributed by atoms with van der Waals surface area (Å²) in [5, 5.41) is 12.8. The Hall–Kier alpha value is -1.11. The summed E-state index contributed by atoms with van der Waals surface area (Å²) in [5.41, 5.74) is 1.05. The molecule has 1 N–H and O–H groups in total. The van der Waals surface area contributed by atoms with Gasteiger partial charge in [-0.3, -0.25) is 4.98 Å². The zero-order valence-corrected chi connectivity index (χ0v) is 8.33. The number of nitrogens with one attached hydrogen (secondary N) is 1. The van der Waals surface area contributed by atoms with Gasteiger partial charge in [-0.2, -0.15) is 5.26 Å². The molecule has 3 nitrogen and oxygen atoms in total. The highest BCUT2D eigenvalue weighted by Crippen LogP contribution is 2.28. The van der Waals surface area contributed by atoms with Crippen LogP contribution in [0.1, 0.15) is 11.5 Å². The second-order valence-electron chi connectivity index (χ2n) is 3.44. The summed E-state index contributed by atoms with van der Waals surface area (Å²) in [6.45, 7) is 1.59. The van der Waals surface area contributed by atoms with Crippen LogP contribution in [0.15, 0.2) is 18.5 Å². The molecule has 1 aliphatic rings. The third-order valence-electron chi connectivity index (χ3n) is 2.53. The lowest BCUT2D eigenvalue weighted by Crippen LogP contribution is -2.08. The Bertz CT molecular complexity index is 372. The van der Waals surface area contributed by atoms with Crippen molar-refractivity contribution in [3.05, 3.63) is 29.0 Å². The molecule has 0 spiro atoms. The van der Waals surface area contributed by atoms with E-state index in [2.05, 4.69) is 16.4 Å². The predicted molar refractivity (Wildman–Crippen MR) is 54.0 cm³/mol. The molecule has 2 heterocycles. The second-order valence-corrected chi connectivity index (χ2v) is 3.87. The van der Waals surface area contributed by atoms with Crippen molar-refractivity contribution in [3.8, 4) is 6.07 Å². The molecule has 14 heavy (non-hydrogen) atoms. The second kappa shape index (κ2) is 3.95. The van der Waals surface area contributed by atoms with E-state index < -0.39 is 0 Å². The third-order valence-corrected chi connectivity index (χ3v) is 2.74. The average Bonchev–Trinajstić information content (AvgIpc) is 2.65. The number of halogens is 1. The highest BCUT2D eigenvalue weighted by Gasteiger charge is 2.28. The van der Waals surface area contributed by atoms with Gasteiger partial charge >= 0.3 is 0 Å². The van der Waals surface area contributed by atoms with Crippen LogP contribution in [-0.4, -0.2) is 18.1 Å². The van der Waals surface area contributed by atoms with Crippen LogP contribution in [0.2, 0.25) is 5.02 Å². The third kappa shape index (κ3) is 1.72. The summed E-state index contributed by atoms with van der Waals surface area (Å²) < 4.78 is 0. The van der Waals surface area contributed by atoms with Crippen LogP contribution in [0.3, 0.4) is 0 Å². The lowest BCUT2D eigenvalue weighted by atomic mass is 9.91. The van der Waals surface area contributed by atoms with Crippen LogP contribution in [0.25, 0.3) is 0 Å². The number of rotatable bonds is 1. The Balaban J connectivity index is 2.27. The Kier molecular flexibility index (Phi) is 2.67. The maximum Gasteiger partial charge on any atom is 0.0676 e. The predicted octanol–water partition coefficient (Wildman–Crippen LogP) is 1.56. The molecule has 1 aromatic heterocycles. The van der Waals surface area contributed by atoms with Gasteiger partial charge in [0.15, 0.2) is 0 Å². The standard InChI is InChI=1S/C10H10ClN3/c11-9-1-7(3-13-5-9)10-6-14-4-8(10)2-12/h1,3,5,8,10,14H,4,6H2. The van der Waals surface area contributed by atoms with Crippen LogP contribution < -0.4 is 5.32 Å². The number of hydrogen-bond donors (Lipinski definition) is 1. The molecule has 72 valence electrons. The van der Waals surface area contributed by atoms with Gasteiger partial charge in [0, 0.05) is 31.4 Å². The molecule has 4 heteroatoms. The Labute approximate surface area is 87.7 Å². The first-order valence-corrected chi connectivity index (χ1v) is 4.90. The van der Waals surface area contributed by atoms with E-state index >= 15 is 0 Å². The van der Waals surface area contributed by atoms with E-state index in [-0.39, 0.29) is 11.8 Å².